The second-order valence-corrected chi connectivity index (χ2v) is 6.22. The van der Waals surface area contributed by atoms with Crippen molar-refractivity contribution >= 4 is 22.6 Å². The Labute approximate surface area is 152 Å². The van der Waals surface area contributed by atoms with E-state index in [9.17, 15) is 9.59 Å². The zero-order chi connectivity index (χ0) is 18.4. The number of carbonyl (C=O) groups is 2. The van der Waals surface area contributed by atoms with Crippen LogP contribution in [0, 0.1) is 0 Å². The number of hydrogen-bond donors (Lipinski definition) is 2. The van der Waals surface area contributed by atoms with E-state index in [1.54, 1.807) is 13.2 Å². The third-order valence-electron chi connectivity index (χ3n) is 4.25. The van der Waals surface area contributed by atoms with Crippen molar-refractivity contribution < 1.29 is 14.0 Å². The van der Waals surface area contributed by atoms with Crippen LogP contribution in [0.3, 0.4) is 0 Å². The fourth-order valence-corrected chi connectivity index (χ4v) is 2.89. The van der Waals surface area contributed by atoms with Crippen molar-refractivity contribution in [1.29, 1.82) is 0 Å². The maximum Gasteiger partial charge on any atom is 0.242 e. The van der Waals surface area contributed by atoms with Crippen LogP contribution in [0.2, 0.25) is 0 Å². The lowest BCUT2D eigenvalue weighted by atomic mass is 10.0. The van der Waals surface area contributed by atoms with Gasteiger partial charge in [0.15, 0.2) is 0 Å². The molecule has 1 aromatic heterocycles. The standard InChI is InChI=1S/C21H22N2O3/c1-15(21(25)22-12-11-18-9-5-13-26-18)23-20(24)14-17-8-4-7-16-6-2-3-10-19(16)17/h2-10,13,15H,11-12,14H2,1H3,(H,22,25)(H,23,24)/t15-/m0/s1. The summed E-state index contributed by atoms with van der Waals surface area (Å²) in [5.41, 5.74) is 0.950. The molecule has 0 unspecified atom stereocenters. The fraction of sp³-hybridized carbons (Fsp3) is 0.238. The van der Waals surface area contributed by atoms with Gasteiger partial charge in [-0.1, -0.05) is 42.5 Å². The number of fused-ring (bicyclic) bond motifs is 1. The van der Waals surface area contributed by atoms with Gasteiger partial charge in [-0.25, -0.2) is 0 Å². The zero-order valence-electron chi connectivity index (χ0n) is 14.7. The number of furan rings is 1. The van der Waals surface area contributed by atoms with E-state index in [0.717, 1.165) is 22.1 Å². The quantitative estimate of drug-likeness (QED) is 0.688. The molecule has 5 heteroatoms. The molecule has 0 spiro atoms. The molecule has 5 nitrogen and oxygen atoms in total. The summed E-state index contributed by atoms with van der Waals surface area (Å²) < 4.78 is 5.22. The van der Waals surface area contributed by atoms with E-state index in [2.05, 4.69) is 10.6 Å². The lowest BCUT2D eigenvalue weighted by molar-refractivity contribution is -0.128. The highest BCUT2D eigenvalue weighted by Gasteiger charge is 2.16. The molecule has 2 N–H and O–H groups in total. The molecule has 0 aliphatic carbocycles. The molecule has 0 aliphatic rings. The first-order valence-corrected chi connectivity index (χ1v) is 8.69. The molecule has 1 atom stereocenters. The summed E-state index contributed by atoms with van der Waals surface area (Å²) in [5, 5.41) is 7.72. The summed E-state index contributed by atoms with van der Waals surface area (Å²) in [6, 6.07) is 16.9. The van der Waals surface area contributed by atoms with Gasteiger partial charge in [0.2, 0.25) is 11.8 Å². The maximum absolute atomic E-state index is 12.3. The van der Waals surface area contributed by atoms with Crippen LogP contribution in [0.5, 0.6) is 0 Å². The van der Waals surface area contributed by atoms with Crippen LogP contribution < -0.4 is 10.6 Å². The average molecular weight is 350 g/mol. The maximum atomic E-state index is 12.3. The van der Waals surface area contributed by atoms with Crippen molar-refractivity contribution in [1.82, 2.24) is 10.6 Å². The van der Waals surface area contributed by atoms with Crippen molar-refractivity contribution in [3.05, 3.63) is 72.2 Å². The average Bonchev–Trinajstić information content (AvgIpc) is 3.15. The van der Waals surface area contributed by atoms with Gasteiger partial charge in [-0.2, -0.15) is 0 Å². The molecular weight excluding hydrogens is 328 g/mol. The van der Waals surface area contributed by atoms with E-state index in [-0.39, 0.29) is 18.2 Å². The number of benzene rings is 2. The van der Waals surface area contributed by atoms with E-state index >= 15 is 0 Å². The molecule has 0 saturated carbocycles. The second-order valence-electron chi connectivity index (χ2n) is 6.22. The predicted molar refractivity (Wildman–Crippen MR) is 101 cm³/mol. The Hall–Kier alpha value is -3.08. The number of amides is 2. The van der Waals surface area contributed by atoms with Crippen LogP contribution >= 0.6 is 0 Å². The van der Waals surface area contributed by atoms with E-state index < -0.39 is 6.04 Å². The molecule has 0 aliphatic heterocycles. The Morgan fingerprint density at radius 2 is 1.85 bits per heavy atom. The van der Waals surface area contributed by atoms with Crippen molar-refractivity contribution in [3.8, 4) is 0 Å². The molecule has 0 saturated heterocycles. The Balaban J connectivity index is 1.51. The molecule has 134 valence electrons. The van der Waals surface area contributed by atoms with Crippen LogP contribution in [0.1, 0.15) is 18.2 Å². The first kappa shape index (κ1) is 17.7. The summed E-state index contributed by atoms with van der Waals surface area (Å²) in [6.07, 6.45) is 2.47. The van der Waals surface area contributed by atoms with Gasteiger partial charge in [-0.3, -0.25) is 9.59 Å². The highest BCUT2D eigenvalue weighted by molar-refractivity contribution is 5.92. The topological polar surface area (TPSA) is 71.3 Å². The van der Waals surface area contributed by atoms with E-state index in [4.69, 9.17) is 4.42 Å². The number of nitrogens with one attached hydrogen (secondary N) is 2. The number of carbonyl (C=O) groups excluding carboxylic acids is 2. The van der Waals surface area contributed by atoms with Gasteiger partial charge < -0.3 is 15.1 Å². The predicted octanol–water partition coefficient (Wildman–Crippen LogP) is 2.84. The minimum absolute atomic E-state index is 0.171. The summed E-state index contributed by atoms with van der Waals surface area (Å²) >= 11 is 0. The Kier molecular flexibility index (Phi) is 5.69. The third-order valence-corrected chi connectivity index (χ3v) is 4.25. The van der Waals surface area contributed by atoms with Gasteiger partial charge >= 0.3 is 0 Å². The van der Waals surface area contributed by atoms with Gasteiger partial charge in [-0.05, 0) is 35.4 Å². The minimum atomic E-state index is -0.589. The monoisotopic (exact) mass is 350 g/mol. The summed E-state index contributed by atoms with van der Waals surface area (Å²) in [6.45, 7) is 2.15. The molecule has 0 bridgehead atoms. The molecule has 0 fully saturated rings. The molecule has 3 rings (SSSR count). The smallest absolute Gasteiger partial charge is 0.242 e. The van der Waals surface area contributed by atoms with Crippen LogP contribution in [-0.2, 0) is 22.4 Å². The Morgan fingerprint density at radius 1 is 1.04 bits per heavy atom. The first-order valence-electron chi connectivity index (χ1n) is 8.69. The van der Waals surface area contributed by atoms with E-state index in [1.807, 2.05) is 54.6 Å². The molecule has 3 aromatic rings. The van der Waals surface area contributed by atoms with Crippen LogP contribution in [0.4, 0.5) is 0 Å². The fourth-order valence-electron chi connectivity index (χ4n) is 2.89. The van der Waals surface area contributed by atoms with Crippen LogP contribution in [0.15, 0.2) is 65.3 Å². The van der Waals surface area contributed by atoms with Crippen molar-refractivity contribution in [2.45, 2.75) is 25.8 Å². The lowest BCUT2D eigenvalue weighted by Crippen LogP contribution is -2.45. The van der Waals surface area contributed by atoms with Crippen LogP contribution in [0.25, 0.3) is 10.8 Å². The zero-order valence-corrected chi connectivity index (χ0v) is 14.7. The van der Waals surface area contributed by atoms with Gasteiger partial charge in [0.25, 0.3) is 0 Å². The summed E-state index contributed by atoms with van der Waals surface area (Å²) in [4.78, 5) is 24.4. The molecule has 1 heterocycles. The number of hydrogen-bond acceptors (Lipinski definition) is 3. The van der Waals surface area contributed by atoms with Gasteiger partial charge in [0.1, 0.15) is 11.8 Å². The highest BCUT2D eigenvalue weighted by Crippen LogP contribution is 2.18. The molecule has 2 amide bonds. The summed E-state index contributed by atoms with van der Waals surface area (Å²) in [5.74, 6) is 0.441. The van der Waals surface area contributed by atoms with Crippen LogP contribution in [-0.4, -0.2) is 24.4 Å². The first-order chi connectivity index (χ1) is 12.6. The molecule has 26 heavy (non-hydrogen) atoms. The van der Waals surface area contributed by atoms with Gasteiger partial charge in [-0.15, -0.1) is 0 Å². The van der Waals surface area contributed by atoms with E-state index in [0.29, 0.717) is 13.0 Å². The SMILES string of the molecule is C[C@H](NC(=O)Cc1cccc2ccccc12)C(=O)NCCc1ccco1. The molecule has 2 aromatic carbocycles. The Bertz CT molecular complexity index is 882. The largest absolute Gasteiger partial charge is 0.469 e. The molecular formula is C21H22N2O3. The highest BCUT2D eigenvalue weighted by atomic mass is 16.3. The van der Waals surface area contributed by atoms with Crippen molar-refractivity contribution in [3.63, 3.8) is 0 Å². The third kappa shape index (κ3) is 4.51. The van der Waals surface area contributed by atoms with Gasteiger partial charge in [0.05, 0.1) is 12.7 Å². The minimum Gasteiger partial charge on any atom is -0.469 e. The van der Waals surface area contributed by atoms with Crippen molar-refractivity contribution in [2.24, 2.45) is 0 Å². The van der Waals surface area contributed by atoms with Gasteiger partial charge in [0, 0.05) is 13.0 Å². The number of rotatable bonds is 7. The lowest BCUT2D eigenvalue weighted by Gasteiger charge is -2.14. The van der Waals surface area contributed by atoms with Crippen molar-refractivity contribution in [2.75, 3.05) is 6.54 Å². The second kappa shape index (κ2) is 8.34. The molecule has 0 radical (unpaired) electrons. The Morgan fingerprint density at radius 3 is 2.65 bits per heavy atom. The van der Waals surface area contributed by atoms with E-state index in [1.165, 1.54) is 0 Å². The summed E-state index contributed by atoms with van der Waals surface area (Å²) in [7, 11) is 0. The normalized spacial score (nSPS) is 11.9.